The van der Waals surface area contributed by atoms with E-state index in [4.69, 9.17) is 19.2 Å². The fourth-order valence-electron chi connectivity index (χ4n) is 2.60. The van der Waals surface area contributed by atoms with Gasteiger partial charge in [-0.3, -0.25) is 10.3 Å². The van der Waals surface area contributed by atoms with Gasteiger partial charge in [-0.15, -0.1) is 0 Å². The topological polar surface area (TPSA) is 93.8 Å². The molecule has 0 bridgehead atoms. The number of aromatic nitrogens is 1. The third-order valence-corrected chi connectivity index (χ3v) is 4.20. The van der Waals surface area contributed by atoms with E-state index in [1.165, 1.54) is 30.3 Å². The number of nitrogens with one attached hydrogen (secondary N) is 1. The van der Waals surface area contributed by atoms with Crippen LogP contribution in [0, 0.1) is 5.82 Å². The Labute approximate surface area is 185 Å². The van der Waals surface area contributed by atoms with E-state index >= 15 is 0 Å². The van der Waals surface area contributed by atoms with Crippen molar-refractivity contribution in [2.75, 3.05) is 6.61 Å². The molecule has 0 spiro atoms. The molecule has 1 aromatic heterocycles. The van der Waals surface area contributed by atoms with Crippen LogP contribution in [0.5, 0.6) is 5.75 Å². The van der Waals surface area contributed by atoms with Crippen LogP contribution in [0.2, 0.25) is 0 Å². The van der Waals surface area contributed by atoms with Crippen LogP contribution in [0.25, 0.3) is 17.0 Å². The normalized spacial score (nSPS) is 12.0. The molecule has 0 saturated heterocycles. The molecule has 174 valence electrons. The van der Waals surface area contributed by atoms with Crippen LogP contribution >= 0.6 is 0 Å². The summed E-state index contributed by atoms with van der Waals surface area (Å²) in [6, 6.07) is 9.09. The molecule has 2 N–H and O–H groups in total. The van der Waals surface area contributed by atoms with Crippen molar-refractivity contribution in [3.63, 3.8) is 0 Å². The molecule has 0 unspecified atom stereocenters. The lowest BCUT2D eigenvalue weighted by molar-refractivity contribution is -0.137. The Morgan fingerprint density at radius 3 is 2.55 bits per heavy atom. The van der Waals surface area contributed by atoms with Gasteiger partial charge in [-0.2, -0.15) is 13.2 Å². The average Bonchev–Trinajstić information content (AvgIpc) is 3.26. The van der Waals surface area contributed by atoms with Crippen molar-refractivity contribution < 1.29 is 41.6 Å². The predicted molar refractivity (Wildman–Crippen MR) is 108 cm³/mol. The van der Waals surface area contributed by atoms with Gasteiger partial charge in [0.15, 0.2) is 5.76 Å². The summed E-state index contributed by atoms with van der Waals surface area (Å²) in [5.41, 5.74) is 1.78. The van der Waals surface area contributed by atoms with Gasteiger partial charge < -0.3 is 14.4 Å². The highest BCUT2D eigenvalue weighted by Crippen LogP contribution is 2.33. The molecule has 3 rings (SSSR count). The highest BCUT2D eigenvalue weighted by atomic mass is 19.4. The first kappa shape index (κ1) is 23.8. The second-order valence-electron chi connectivity index (χ2n) is 6.73. The van der Waals surface area contributed by atoms with E-state index in [0.717, 1.165) is 12.3 Å². The number of rotatable bonds is 9. The number of halogens is 4. The van der Waals surface area contributed by atoms with Crippen molar-refractivity contribution in [2.24, 2.45) is 0 Å². The molecule has 1 heterocycles. The first-order chi connectivity index (χ1) is 15.7. The largest absolute Gasteiger partial charge is 0.478 e. The molecule has 0 amide bonds. The van der Waals surface area contributed by atoms with Gasteiger partial charge in [0.2, 0.25) is 0 Å². The number of carboxylic acids is 1. The van der Waals surface area contributed by atoms with Crippen molar-refractivity contribution in [2.45, 2.75) is 19.5 Å². The van der Waals surface area contributed by atoms with Crippen LogP contribution in [0.1, 0.15) is 35.0 Å². The number of ether oxygens (including phenoxy) is 1. The zero-order valence-electron chi connectivity index (χ0n) is 17.1. The molecule has 0 aliphatic rings. The lowest BCUT2D eigenvalue weighted by Crippen LogP contribution is -2.14. The minimum Gasteiger partial charge on any atom is -0.478 e. The van der Waals surface area contributed by atoms with E-state index in [1.54, 1.807) is 0 Å². The first-order valence-corrected chi connectivity index (χ1v) is 9.60. The zero-order valence-corrected chi connectivity index (χ0v) is 17.1. The van der Waals surface area contributed by atoms with Gasteiger partial charge in [0, 0.05) is 11.6 Å². The number of aromatic carboxylic acids is 1. The summed E-state index contributed by atoms with van der Waals surface area (Å²) in [4.78, 5) is 16.5. The Kier molecular flexibility index (Phi) is 7.34. The number of hydrogen-bond donors (Lipinski definition) is 2. The summed E-state index contributed by atoms with van der Waals surface area (Å²) >= 11 is 0. The van der Waals surface area contributed by atoms with E-state index < -0.39 is 29.1 Å². The number of nitrogens with zero attached hydrogens (tertiary/aromatic N) is 1. The second-order valence-corrected chi connectivity index (χ2v) is 6.73. The van der Waals surface area contributed by atoms with Crippen LogP contribution in [0.15, 0.2) is 59.3 Å². The van der Waals surface area contributed by atoms with Gasteiger partial charge in [0.1, 0.15) is 29.2 Å². The summed E-state index contributed by atoms with van der Waals surface area (Å²) in [6.07, 6.45) is -3.10. The number of benzene rings is 2. The first-order valence-electron chi connectivity index (χ1n) is 9.60. The van der Waals surface area contributed by atoms with Crippen LogP contribution in [0.4, 0.5) is 17.6 Å². The van der Waals surface area contributed by atoms with Crippen LogP contribution < -0.4 is 10.2 Å². The van der Waals surface area contributed by atoms with Crippen LogP contribution in [-0.4, -0.2) is 22.8 Å². The third kappa shape index (κ3) is 6.32. The van der Waals surface area contributed by atoms with Gasteiger partial charge >= 0.3 is 12.1 Å². The fourth-order valence-corrected chi connectivity index (χ4v) is 2.60. The molecular formula is C22H18F4N2O5. The Morgan fingerprint density at radius 2 is 1.91 bits per heavy atom. The summed E-state index contributed by atoms with van der Waals surface area (Å²) < 4.78 is 63.1. The molecule has 11 heteroatoms. The second kappa shape index (κ2) is 10.2. The lowest BCUT2D eigenvalue weighted by Gasteiger charge is -2.11. The van der Waals surface area contributed by atoms with E-state index in [9.17, 15) is 22.4 Å². The maximum Gasteiger partial charge on any atom is 0.416 e. The summed E-state index contributed by atoms with van der Waals surface area (Å²) in [7, 11) is 0. The number of hydrogen-bond acceptors (Lipinski definition) is 6. The molecule has 3 aromatic rings. The summed E-state index contributed by atoms with van der Waals surface area (Å²) in [6.45, 7) is 2.15. The fraction of sp³-hybridized carbons (Fsp3) is 0.182. The summed E-state index contributed by atoms with van der Waals surface area (Å²) in [5.74, 6) is -2.22. The van der Waals surface area contributed by atoms with Crippen molar-refractivity contribution in [3.8, 4) is 17.0 Å². The SMILES string of the molecule is CCCONC(=COc1cc(C(=O)O)cc(C(F)(F)F)c1)c1cc(-c2ccc(F)cc2)no1. The Bertz CT molecular complexity index is 1140. The quantitative estimate of drug-likeness (QED) is 0.186. The van der Waals surface area contributed by atoms with Gasteiger partial charge in [0.25, 0.3) is 0 Å². The third-order valence-electron chi connectivity index (χ3n) is 4.20. The number of carboxylic acid groups (broad SMARTS) is 1. The number of carbonyl (C=O) groups is 1. The van der Waals surface area contributed by atoms with E-state index in [-0.39, 0.29) is 17.2 Å². The molecule has 0 aliphatic carbocycles. The van der Waals surface area contributed by atoms with Crippen molar-refractivity contribution in [3.05, 3.63) is 77.5 Å². The molecule has 0 atom stereocenters. The molecule has 0 saturated carbocycles. The standard InChI is InChI=1S/C22H18F4N2O5/c1-2-7-32-27-19(20-11-18(28-33-20)13-3-5-16(23)6-4-13)12-31-17-9-14(21(29)30)8-15(10-17)22(24,25)26/h3-6,8-12,27H,2,7H2,1H3,(H,29,30). The monoisotopic (exact) mass is 466 g/mol. The lowest BCUT2D eigenvalue weighted by atomic mass is 10.1. The number of alkyl halides is 3. The van der Waals surface area contributed by atoms with Crippen molar-refractivity contribution in [1.29, 1.82) is 0 Å². The van der Waals surface area contributed by atoms with Gasteiger partial charge in [-0.05, 0) is 48.9 Å². The smallest absolute Gasteiger partial charge is 0.416 e. The molecule has 2 aromatic carbocycles. The van der Waals surface area contributed by atoms with Gasteiger partial charge in [-0.1, -0.05) is 12.1 Å². The van der Waals surface area contributed by atoms with E-state index in [1.807, 2.05) is 6.92 Å². The van der Waals surface area contributed by atoms with Crippen molar-refractivity contribution in [1.82, 2.24) is 10.6 Å². The minimum atomic E-state index is -4.77. The molecule has 33 heavy (non-hydrogen) atoms. The molecule has 7 nitrogen and oxygen atoms in total. The Balaban J connectivity index is 1.91. The summed E-state index contributed by atoms with van der Waals surface area (Å²) in [5, 5.41) is 13.0. The molecular weight excluding hydrogens is 448 g/mol. The molecule has 0 radical (unpaired) electrons. The minimum absolute atomic E-state index is 0.0681. The molecule has 0 fully saturated rings. The van der Waals surface area contributed by atoms with E-state index in [2.05, 4.69) is 10.6 Å². The Morgan fingerprint density at radius 1 is 1.18 bits per heavy atom. The van der Waals surface area contributed by atoms with E-state index in [0.29, 0.717) is 36.4 Å². The van der Waals surface area contributed by atoms with Crippen LogP contribution in [0.3, 0.4) is 0 Å². The number of hydroxylamine groups is 1. The average molecular weight is 466 g/mol. The maximum absolute atomic E-state index is 13.1. The predicted octanol–water partition coefficient (Wildman–Crippen LogP) is 5.51. The Hall–Kier alpha value is -3.86. The zero-order chi connectivity index (χ0) is 24.0. The maximum atomic E-state index is 13.1. The van der Waals surface area contributed by atoms with Crippen LogP contribution in [-0.2, 0) is 11.0 Å². The van der Waals surface area contributed by atoms with Gasteiger partial charge in [0.05, 0.1) is 17.7 Å². The van der Waals surface area contributed by atoms with Gasteiger partial charge in [-0.25, -0.2) is 9.18 Å². The van der Waals surface area contributed by atoms with Crippen molar-refractivity contribution >= 4 is 11.7 Å². The highest BCUT2D eigenvalue weighted by molar-refractivity contribution is 5.88. The molecule has 0 aliphatic heterocycles. The highest BCUT2D eigenvalue weighted by Gasteiger charge is 2.32.